The van der Waals surface area contributed by atoms with Crippen LogP contribution in [0.2, 0.25) is 0 Å². The van der Waals surface area contributed by atoms with E-state index < -0.39 is 12.0 Å². The number of halogens is 2. The van der Waals surface area contributed by atoms with Crippen molar-refractivity contribution in [1.29, 1.82) is 0 Å². The highest BCUT2D eigenvalue weighted by molar-refractivity contribution is 5.85. The van der Waals surface area contributed by atoms with Gasteiger partial charge in [0.25, 0.3) is 0 Å². The Bertz CT molecular complexity index is 371. The maximum atomic E-state index is 11.2. The van der Waals surface area contributed by atoms with Crippen molar-refractivity contribution in [3.8, 4) is 0 Å². The van der Waals surface area contributed by atoms with Crippen LogP contribution in [-0.4, -0.2) is 70.8 Å². The molecule has 9 heteroatoms. The molecule has 1 saturated heterocycles. The lowest BCUT2D eigenvalue weighted by molar-refractivity contribution is -0.142. The van der Waals surface area contributed by atoms with Crippen LogP contribution in [0.4, 0.5) is 0 Å². The summed E-state index contributed by atoms with van der Waals surface area (Å²) in [4.78, 5) is 24.1. The number of carboxylic acid groups (broad SMARTS) is 1. The first-order valence-electron chi connectivity index (χ1n) is 6.70. The van der Waals surface area contributed by atoms with Crippen LogP contribution >= 0.6 is 24.8 Å². The Morgan fingerprint density at radius 2 is 2.05 bits per heavy atom. The number of carboxylic acids is 1. The summed E-state index contributed by atoms with van der Waals surface area (Å²) >= 11 is 0. The summed E-state index contributed by atoms with van der Waals surface area (Å²) in [5, 5.41) is 19.8. The molecule has 0 saturated carbocycles. The van der Waals surface area contributed by atoms with Crippen LogP contribution in [0.1, 0.15) is 13.3 Å². The molecule has 0 aromatic heterocycles. The van der Waals surface area contributed by atoms with Crippen molar-refractivity contribution in [2.24, 2.45) is 5.92 Å². The van der Waals surface area contributed by atoms with E-state index in [1.807, 2.05) is 4.90 Å². The van der Waals surface area contributed by atoms with E-state index in [2.05, 4.69) is 12.0 Å². The first-order valence-corrected chi connectivity index (χ1v) is 6.70. The average Bonchev–Trinajstić information content (AvgIpc) is 2.79. The fourth-order valence-electron chi connectivity index (χ4n) is 2.43. The number of aliphatic carboxylic acids is 1. The van der Waals surface area contributed by atoms with Crippen LogP contribution in [-0.2, 0) is 9.59 Å². The fraction of sp³-hybridized carbons (Fsp3) is 0.692. The van der Waals surface area contributed by atoms with E-state index >= 15 is 0 Å². The zero-order chi connectivity index (χ0) is 15.1. The number of aliphatic hydroxyl groups excluding tert-OH is 1. The van der Waals surface area contributed by atoms with Gasteiger partial charge < -0.3 is 10.2 Å². The number of hydrazine groups is 1. The van der Waals surface area contributed by atoms with Crippen molar-refractivity contribution < 1.29 is 19.8 Å². The van der Waals surface area contributed by atoms with Gasteiger partial charge in [0.2, 0.25) is 5.91 Å². The lowest BCUT2D eigenvalue weighted by Gasteiger charge is -2.26. The molecule has 1 rings (SSSR count). The van der Waals surface area contributed by atoms with Gasteiger partial charge in [-0.25, -0.2) is 5.01 Å². The smallest absolute Gasteiger partial charge is 0.320 e. The number of aliphatic hydroxyl groups is 1. The minimum Gasteiger partial charge on any atom is -0.480 e. The molecular weight excluding hydrogens is 333 g/mol. The molecule has 22 heavy (non-hydrogen) atoms. The molecule has 0 aliphatic carbocycles. The number of likely N-dealkylation sites (tertiary alicyclic amines) is 1. The number of carbonyl (C=O) groups is 2. The van der Waals surface area contributed by atoms with Crippen molar-refractivity contribution in [1.82, 2.24) is 15.3 Å². The molecule has 1 aliphatic heterocycles. The third kappa shape index (κ3) is 7.42. The molecule has 130 valence electrons. The normalized spacial score (nSPS) is 20.9. The molecule has 0 aromatic carbocycles. The molecule has 3 N–H and O–H groups in total. The summed E-state index contributed by atoms with van der Waals surface area (Å²) in [7, 11) is 0. The second kappa shape index (κ2) is 11.7. The zero-order valence-electron chi connectivity index (χ0n) is 12.6. The molecule has 1 heterocycles. The van der Waals surface area contributed by atoms with E-state index in [9.17, 15) is 14.7 Å². The second-order valence-corrected chi connectivity index (χ2v) is 4.96. The van der Waals surface area contributed by atoms with E-state index in [0.29, 0.717) is 32.6 Å². The second-order valence-electron chi connectivity index (χ2n) is 4.96. The van der Waals surface area contributed by atoms with Crippen LogP contribution in [0.25, 0.3) is 0 Å². The van der Waals surface area contributed by atoms with Gasteiger partial charge >= 0.3 is 5.97 Å². The minimum absolute atomic E-state index is 0. The van der Waals surface area contributed by atoms with Crippen molar-refractivity contribution in [2.45, 2.75) is 19.4 Å². The van der Waals surface area contributed by atoms with Gasteiger partial charge in [0.15, 0.2) is 0 Å². The molecule has 1 fully saturated rings. The predicted molar refractivity (Wildman–Crippen MR) is 88.3 cm³/mol. The standard InChI is InChI=1S/C13H23N3O4.2ClH/c1-3-11-8-12(13(19)20)15(9-11)4-5-16(6-7-17)14-10(2)18;;/h3,11-12,17H,1,4-9H2,2H3,(H,14,18)(H,19,20);2*1H/t11-,12-;;/m1../s1. The number of amides is 1. The van der Waals surface area contributed by atoms with E-state index in [1.54, 1.807) is 11.1 Å². The molecule has 1 aliphatic rings. The molecule has 0 radical (unpaired) electrons. The summed E-state index contributed by atoms with van der Waals surface area (Å²) in [6.07, 6.45) is 2.36. The van der Waals surface area contributed by atoms with Crippen molar-refractivity contribution in [3.05, 3.63) is 12.7 Å². The number of hydrogen-bond acceptors (Lipinski definition) is 5. The van der Waals surface area contributed by atoms with Gasteiger partial charge in [-0.2, -0.15) is 0 Å². The average molecular weight is 358 g/mol. The fourth-order valence-corrected chi connectivity index (χ4v) is 2.43. The molecule has 0 spiro atoms. The maximum absolute atomic E-state index is 11.2. The molecular formula is C13H25Cl2N3O4. The summed E-state index contributed by atoms with van der Waals surface area (Å²) in [6.45, 7) is 7.00. The van der Waals surface area contributed by atoms with Gasteiger partial charge in [0, 0.05) is 33.1 Å². The first-order chi connectivity index (χ1) is 9.47. The van der Waals surface area contributed by atoms with E-state index in [1.165, 1.54) is 6.92 Å². The van der Waals surface area contributed by atoms with Crippen LogP contribution in [0.3, 0.4) is 0 Å². The predicted octanol–water partition coefficient (Wildman–Crippen LogP) is 0.136. The highest BCUT2D eigenvalue weighted by atomic mass is 35.5. The van der Waals surface area contributed by atoms with Crippen molar-refractivity contribution >= 4 is 36.7 Å². The number of nitrogens with zero attached hydrogens (tertiary/aromatic N) is 2. The minimum atomic E-state index is -0.831. The molecule has 2 atom stereocenters. The quantitative estimate of drug-likeness (QED) is 0.422. The van der Waals surface area contributed by atoms with Gasteiger partial charge in [0.05, 0.1) is 6.61 Å². The molecule has 0 aromatic rings. The monoisotopic (exact) mass is 357 g/mol. The Balaban J connectivity index is 0. The van der Waals surface area contributed by atoms with Gasteiger partial charge in [-0.05, 0) is 12.3 Å². The number of hydrogen-bond donors (Lipinski definition) is 3. The third-order valence-corrected chi connectivity index (χ3v) is 3.40. The van der Waals surface area contributed by atoms with E-state index in [-0.39, 0.29) is 43.2 Å². The number of carbonyl (C=O) groups excluding carboxylic acids is 1. The Labute approximate surface area is 143 Å². The molecule has 7 nitrogen and oxygen atoms in total. The third-order valence-electron chi connectivity index (χ3n) is 3.40. The van der Waals surface area contributed by atoms with Crippen LogP contribution in [0.15, 0.2) is 12.7 Å². The summed E-state index contributed by atoms with van der Waals surface area (Å²) in [5.74, 6) is -0.857. The van der Waals surface area contributed by atoms with E-state index in [4.69, 9.17) is 5.11 Å². The SMILES string of the molecule is C=C[C@@H]1C[C@H](C(=O)O)N(CCN(CCO)NC(C)=O)C1.Cl.Cl. The summed E-state index contributed by atoms with van der Waals surface area (Å²) in [5.41, 5.74) is 2.61. The van der Waals surface area contributed by atoms with Gasteiger partial charge in [-0.3, -0.25) is 19.9 Å². The van der Waals surface area contributed by atoms with Crippen LogP contribution in [0, 0.1) is 5.92 Å². The van der Waals surface area contributed by atoms with Crippen molar-refractivity contribution in [2.75, 3.05) is 32.8 Å². The first kappa shape index (κ1) is 23.4. The summed E-state index contributed by atoms with van der Waals surface area (Å²) < 4.78 is 0. The van der Waals surface area contributed by atoms with Gasteiger partial charge in [0.1, 0.15) is 6.04 Å². The Hall–Kier alpha value is -0.860. The number of rotatable bonds is 8. The lowest BCUT2D eigenvalue weighted by atomic mass is 10.1. The highest BCUT2D eigenvalue weighted by Gasteiger charge is 2.35. The van der Waals surface area contributed by atoms with Gasteiger partial charge in [-0.1, -0.05) is 6.08 Å². The maximum Gasteiger partial charge on any atom is 0.320 e. The Morgan fingerprint density at radius 3 is 2.50 bits per heavy atom. The highest BCUT2D eigenvalue weighted by Crippen LogP contribution is 2.23. The van der Waals surface area contributed by atoms with Crippen LogP contribution in [0.5, 0.6) is 0 Å². The van der Waals surface area contributed by atoms with Crippen molar-refractivity contribution in [3.63, 3.8) is 0 Å². The lowest BCUT2D eigenvalue weighted by Crippen LogP contribution is -2.48. The van der Waals surface area contributed by atoms with Crippen LogP contribution < -0.4 is 5.43 Å². The largest absolute Gasteiger partial charge is 0.480 e. The number of nitrogens with one attached hydrogen (secondary N) is 1. The molecule has 0 bridgehead atoms. The van der Waals surface area contributed by atoms with Gasteiger partial charge in [-0.15, -0.1) is 31.4 Å². The zero-order valence-corrected chi connectivity index (χ0v) is 14.2. The van der Waals surface area contributed by atoms with E-state index in [0.717, 1.165) is 0 Å². The topological polar surface area (TPSA) is 93.1 Å². The Kier molecular flexibility index (Phi) is 12.4. The molecule has 1 amide bonds. The summed E-state index contributed by atoms with van der Waals surface area (Å²) in [6, 6.07) is -0.508. The Morgan fingerprint density at radius 1 is 1.41 bits per heavy atom. The molecule has 0 unspecified atom stereocenters.